The molecule has 0 bridgehead atoms. The van der Waals surface area contributed by atoms with Crippen molar-refractivity contribution in [3.8, 4) is 6.07 Å². The van der Waals surface area contributed by atoms with Gasteiger partial charge in [-0.2, -0.15) is 5.26 Å². The maximum Gasteiger partial charge on any atom is 0.338 e. The fourth-order valence-electron chi connectivity index (χ4n) is 1.29. The number of carbonyl (C=O) groups is 1. The monoisotopic (exact) mass is 221 g/mol. The average molecular weight is 221 g/mol. The molecular formula is C11H11NO4. The van der Waals surface area contributed by atoms with E-state index in [1.54, 1.807) is 12.1 Å². The van der Waals surface area contributed by atoms with Crippen molar-refractivity contribution in [1.82, 2.24) is 0 Å². The van der Waals surface area contributed by atoms with E-state index >= 15 is 0 Å². The Hall–Kier alpha value is -1.90. The third kappa shape index (κ3) is 2.37. The van der Waals surface area contributed by atoms with Crippen molar-refractivity contribution >= 4 is 5.97 Å². The van der Waals surface area contributed by atoms with E-state index in [-0.39, 0.29) is 11.1 Å². The number of ether oxygens (including phenoxy) is 1. The largest absolute Gasteiger partial charge is 0.465 e. The summed E-state index contributed by atoms with van der Waals surface area (Å²) in [5.74, 6) is -0.625. The van der Waals surface area contributed by atoms with Gasteiger partial charge in [0.2, 0.25) is 0 Å². The van der Waals surface area contributed by atoms with Crippen LogP contribution in [0.2, 0.25) is 0 Å². The Bertz CT molecular complexity index is 424. The molecule has 0 aliphatic heterocycles. The number of carbonyl (C=O) groups excluding carboxylic acids is 1. The third-order valence-electron chi connectivity index (χ3n) is 2.12. The number of nitrogens with zero attached hydrogens (tertiary/aromatic N) is 1. The predicted octanol–water partition coefficient (Wildman–Crippen LogP) is 0.391. The van der Waals surface area contributed by atoms with Crippen LogP contribution in [0.1, 0.15) is 22.0 Å². The van der Waals surface area contributed by atoms with Gasteiger partial charge in [-0.1, -0.05) is 18.2 Å². The number of rotatable bonds is 3. The van der Waals surface area contributed by atoms with E-state index in [0.29, 0.717) is 0 Å². The molecule has 0 spiro atoms. The van der Waals surface area contributed by atoms with E-state index in [1.165, 1.54) is 25.3 Å². The van der Waals surface area contributed by atoms with Crippen LogP contribution in [-0.2, 0) is 4.74 Å². The van der Waals surface area contributed by atoms with Gasteiger partial charge in [-0.05, 0) is 11.6 Å². The summed E-state index contributed by atoms with van der Waals surface area (Å²) in [6.07, 6.45) is -3.01. The minimum absolute atomic E-state index is 0.131. The van der Waals surface area contributed by atoms with Crippen molar-refractivity contribution in [3.05, 3.63) is 35.4 Å². The van der Waals surface area contributed by atoms with E-state index in [0.717, 1.165) is 0 Å². The lowest BCUT2D eigenvalue weighted by Crippen LogP contribution is -2.19. The van der Waals surface area contributed by atoms with Gasteiger partial charge in [0.1, 0.15) is 6.10 Å². The molecule has 2 atom stereocenters. The van der Waals surface area contributed by atoms with Crippen LogP contribution in [0.15, 0.2) is 24.3 Å². The molecule has 1 aromatic rings. The summed E-state index contributed by atoms with van der Waals surface area (Å²) in [6.45, 7) is 0. The van der Waals surface area contributed by atoms with Crippen LogP contribution in [0.5, 0.6) is 0 Å². The van der Waals surface area contributed by atoms with Crippen LogP contribution < -0.4 is 0 Å². The smallest absolute Gasteiger partial charge is 0.338 e. The highest BCUT2D eigenvalue weighted by Gasteiger charge is 2.23. The Morgan fingerprint density at radius 3 is 2.62 bits per heavy atom. The molecular weight excluding hydrogens is 210 g/mol. The first-order valence-electron chi connectivity index (χ1n) is 4.54. The topological polar surface area (TPSA) is 90.6 Å². The van der Waals surface area contributed by atoms with Crippen molar-refractivity contribution in [3.63, 3.8) is 0 Å². The number of aliphatic hydroxyl groups is 2. The molecule has 5 heteroatoms. The fraction of sp³-hybridized carbons (Fsp3) is 0.273. The quantitative estimate of drug-likeness (QED) is 0.569. The molecule has 2 unspecified atom stereocenters. The zero-order valence-electron chi connectivity index (χ0n) is 8.62. The molecule has 0 aromatic heterocycles. The normalized spacial score (nSPS) is 13.6. The lowest BCUT2D eigenvalue weighted by atomic mass is 9.99. The second-order valence-corrected chi connectivity index (χ2v) is 3.10. The highest BCUT2D eigenvalue weighted by atomic mass is 16.5. The highest BCUT2D eigenvalue weighted by Crippen LogP contribution is 2.21. The zero-order chi connectivity index (χ0) is 12.1. The molecule has 84 valence electrons. The van der Waals surface area contributed by atoms with Crippen LogP contribution in [0, 0.1) is 11.3 Å². The molecule has 1 aromatic carbocycles. The SMILES string of the molecule is COC(=O)c1ccccc1C(O)C(O)C#N. The maximum absolute atomic E-state index is 11.4. The van der Waals surface area contributed by atoms with Gasteiger partial charge in [-0.3, -0.25) is 0 Å². The Morgan fingerprint density at radius 2 is 2.06 bits per heavy atom. The standard InChI is InChI=1S/C11H11NO4/c1-16-11(15)8-5-3-2-4-7(8)10(14)9(13)6-12/h2-5,9-10,13-14H,1H3. The first-order chi connectivity index (χ1) is 7.61. The van der Waals surface area contributed by atoms with Gasteiger partial charge in [-0.15, -0.1) is 0 Å². The minimum atomic E-state index is -1.58. The molecule has 0 fully saturated rings. The Kier molecular flexibility index (Phi) is 4.00. The molecule has 0 amide bonds. The molecule has 5 nitrogen and oxygen atoms in total. The molecule has 16 heavy (non-hydrogen) atoms. The fourth-order valence-corrected chi connectivity index (χ4v) is 1.29. The number of esters is 1. The highest BCUT2D eigenvalue weighted by molar-refractivity contribution is 5.91. The molecule has 0 aliphatic carbocycles. The van der Waals surface area contributed by atoms with Gasteiger partial charge in [0.15, 0.2) is 6.10 Å². The van der Waals surface area contributed by atoms with Crippen molar-refractivity contribution in [1.29, 1.82) is 5.26 Å². The van der Waals surface area contributed by atoms with Crippen molar-refractivity contribution in [2.75, 3.05) is 7.11 Å². The summed E-state index contributed by atoms with van der Waals surface area (Å²) in [4.78, 5) is 11.4. The number of benzene rings is 1. The third-order valence-corrected chi connectivity index (χ3v) is 2.12. The number of hydrogen-bond acceptors (Lipinski definition) is 5. The Balaban J connectivity index is 3.14. The molecule has 1 rings (SSSR count). The van der Waals surface area contributed by atoms with Gasteiger partial charge in [-0.25, -0.2) is 4.79 Å². The molecule has 0 aliphatic rings. The second-order valence-electron chi connectivity index (χ2n) is 3.10. The van der Waals surface area contributed by atoms with Crippen molar-refractivity contribution < 1.29 is 19.7 Å². The Morgan fingerprint density at radius 1 is 1.44 bits per heavy atom. The number of nitriles is 1. The van der Waals surface area contributed by atoms with E-state index in [2.05, 4.69) is 4.74 Å². The van der Waals surface area contributed by atoms with Gasteiger partial charge in [0.05, 0.1) is 18.7 Å². The molecule has 0 saturated heterocycles. The maximum atomic E-state index is 11.4. The van der Waals surface area contributed by atoms with Crippen molar-refractivity contribution in [2.45, 2.75) is 12.2 Å². The van der Waals surface area contributed by atoms with Crippen LogP contribution in [0.4, 0.5) is 0 Å². The summed E-state index contributed by atoms with van der Waals surface area (Å²) in [7, 11) is 1.21. The summed E-state index contributed by atoms with van der Waals surface area (Å²) in [6, 6.07) is 7.60. The van der Waals surface area contributed by atoms with E-state index < -0.39 is 18.2 Å². The number of methoxy groups -OCH3 is 1. The van der Waals surface area contributed by atoms with Crippen LogP contribution in [0.25, 0.3) is 0 Å². The predicted molar refractivity (Wildman–Crippen MR) is 54.4 cm³/mol. The molecule has 0 saturated carbocycles. The lowest BCUT2D eigenvalue weighted by molar-refractivity contribution is 0.0478. The van der Waals surface area contributed by atoms with E-state index in [1.807, 2.05) is 0 Å². The summed E-state index contributed by atoms with van der Waals surface area (Å²) >= 11 is 0. The Labute approximate surface area is 92.5 Å². The van der Waals surface area contributed by atoms with Crippen LogP contribution >= 0.6 is 0 Å². The number of aliphatic hydroxyl groups excluding tert-OH is 2. The number of hydrogen-bond donors (Lipinski definition) is 2. The van der Waals surface area contributed by atoms with E-state index in [9.17, 15) is 15.0 Å². The first kappa shape index (κ1) is 12.2. The minimum Gasteiger partial charge on any atom is -0.465 e. The van der Waals surface area contributed by atoms with Crippen molar-refractivity contribution in [2.24, 2.45) is 0 Å². The molecule has 0 heterocycles. The van der Waals surface area contributed by atoms with Crippen LogP contribution in [0.3, 0.4) is 0 Å². The summed E-state index contributed by atoms with van der Waals surface area (Å²) in [5, 5.41) is 27.3. The molecule has 2 N–H and O–H groups in total. The van der Waals surface area contributed by atoms with E-state index in [4.69, 9.17) is 5.26 Å². The zero-order valence-corrected chi connectivity index (χ0v) is 8.62. The molecule has 0 radical (unpaired) electrons. The summed E-state index contributed by atoms with van der Waals surface area (Å²) in [5.41, 5.74) is 0.301. The van der Waals surface area contributed by atoms with Crippen LogP contribution in [-0.4, -0.2) is 29.4 Å². The van der Waals surface area contributed by atoms with Gasteiger partial charge in [0.25, 0.3) is 0 Å². The first-order valence-corrected chi connectivity index (χ1v) is 4.54. The summed E-state index contributed by atoms with van der Waals surface area (Å²) < 4.78 is 4.53. The van der Waals surface area contributed by atoms with Gasteiger partial charge < -0.3 is 14.9 Å². The lowest BCUT2D eigenvalue weighted by Gasteiger charge is -2.14. The van der Waals surface area contributed by atoms with Gasteiger partial charge >= 0.3 is 5.97 Å². The average Bonchev–Trinajstić information content (AvgIpc) is 2.35. The van der Waals surface area contributed by atoms with Gasteiger partial charge in [0, 0.05) is 0 Å². The second kappa shape index (κ2) is 5.26.